The lowest BCUT2D eigenvalue weighted by atomic mass is 10.0. The van der Waals surface area contributed by atoms with Crippen molar-refractivity contribution in [1.29, 1.82) is 0 Å². The molecule has 4 nitrogen and oxygen atoms in total. The van der Waals surface area contributed by atoms with E-state index in [9.17, 15) is 0 Å². The van der Waals surface area contributed by atoms with Crippen LogP contribution in [0.5, 0.6) is 0 Å². The van der Waals surface area contributed by atoms with Crippen LogP contribution in [0.2, 0.25) is 0 Å². The van der Waals surface area contributed by atoms with Gasteiger partial charge in [0.05, 0.1) is 11.7 Å². The first-order chi connectivity index (χ1) is 7.29. The van der Waals surface area contributed by atoms with Gasteiger partial charge in [0, 0.05) is 24.2 Å². The van der Waals surface area contributed by atoms with Crippen molar-refractivity contribution < 1.29 is 0 Å². The highest BCUT2D eigenvalue weighted by atomic mass is 14.8. The molecule has 2 N–H and O–H groups in total. The van der Waals surface area contributed by atoms with Crippen LogP contribution >= 0.6 is 0 Å². The number of hydrogen-bond acceptors (Lipinski definition) is 4. The van der Waals surface area contributed by atoms with Gasteiger partial charge >= 0.3 is 0 Å². The highest BCUT2D eigenvalue weighted by molar-refractivity contribution is 5.28. The molecule has 1 atom stereocenters. The molecule has 2 aromatic rings. The lowest BCUT2D eigenvalue weighted by Gasteiger charge is -2.12. The predicted octanol–water partition coefficient (Wildman–Crippen LogP) is 1.23. The molecule has 0 spiro atoms. The zero-order valence-corrected chi connectivity index (χ0v) is 8.46. The van der Waals surface area contributed by atoms with Crippen LogP contribution in [0.1, 0.15) is 22.9 Å². The molecule has 0 fully saturated rings. The first kappa shape index (κ1) is 9.73. The third kappa shape index (κ3) is 1.99. The van der Waals surface area contributed by atoms with E-state index in [2.05, 4.69) is 15.0 Å². The Morgan fingerprint density at radius 2 is 2.00 bits per heavy atom. The van der Waals surface area contributed by atoms with Gasteiger partial charge in [-0.25, -0.2) is 9.97 Å². The quantitative estimate of drug-likeness (QED) is 0.791. The second kappa shape index (κ2) is 4.14. The Morgan fingerprint density at radius 1 is 1.27 bits per heavy atom. The minimum atomic E-state index is -0.257. The first-order valence-corrected chi connectivity index (χ1v) is 4.71. The molecular formula is C11H12N4. The molecule has 76 valence electrons. The van der Waals surface area contributed by atoms with E-state index in [1.165, 1.54) is 6.33 Å². The molecule has 2 heterocycles. The fourth-order valence-electron chi connectivity index (χ4n) is 1.45. The summed E-state index contributed by atoms with van der Waals surface area (Å²) < 4.78 is 0. The van der Waals surface area contributed by atoms with E-state index in [1.807, 2.05) is 19.1 Å². The van der Waals surface area contributed by atoms with Gasteiger partial charge in [0.25, 0.3) is 0 Å². The Kier molecular flexibility index (Phi) is 2.69. The number of hydrogen-bond donors (Lipinski definition) is 1. The lowest BCUT2D eigenvalue weighted by molar-refractivity contribution is 0.804. The molecule has 2 aromatic heterocycles. The van der Waals surface area contributed by atoms with Crippen molar-refractivity contribution in [2.75, 3.05) is 0 Å². The van der Waals surface area contributed by atoms with E-state index in [0.29, 0.717) is 0 Å². The number of rotatable bonds is 2. The van der Waals surface area contributed by atoms with E-state index in [4.69, 9.17) is 5.73 Å². The van der Waals surface area contributed by atoms with Gasteiger partial charge < -0.3 is 5.73 Å². The van der Waals surface area contributed by atoms with Crippen LogP contribution in [0.15, 0.2) is 37.1 Å². The van der Waals surface area contributed by atoms with E-state index in [0.717, 1.165) is 16.8 Å². The predicted molar refractivity (Wildman–Crippen MR) is 57.0 cm³/mol. The van der Waals surface area contributed by atoms with Crippen LogP contribution in [-0.4, -0.2) is 15.0 Å². The lowest BCUT2D eigenvalue weighted by Crippen LogP contribution is -2.15. The summed E-state index contributed by atoms with van der Waals surface area (Å²) in [6.07, 6.45) is 6.66. The molecule has 15 heavy (non-hydrogen) atoms. The number of aryl methyl sites for hydroxylation is 1. The number of pyridine rings is 1. The molecule has 1 unspecified atom stereocenters. The van der Waals surface area contributed by atoms with Gasteiger partial charge in [0.2, 0.25) is 0 Å². The first-order valence-electron chi connectivity index (χ1n) is 4.71. The van der Waals surface area contributed by atoms with Crippen LogP contribution in [0.3, 0.4) is 0 Å². The minimum Gasteiger partial charge on any atom is -0.319 e. The molecule has 0 aliphatic carbocycles. The van der Waals surface area contributed by atoms with Crippen molar-refractivity contribution in [3.63, 3.8) is 0 Å². The molecule has 0 aliphatic rings. The topological polar surface area (TPSA) is 64.7 Å². The van der Waals surface area contributed by atoms with Gasteiger partial charge in [-0.3, -0.25) is 4.98 Å². The van der Waals surface area contributed by atoms with Crippen LogP contribution in [0, 0.1) is 6.92 Å². The number of nitrogens with zero attached hydrogens (tertiary/aromatic N) is 3. The summed E-state index contributed by atoms with van der Waals surface area (Å²) in [5.74, 6) is 0. The summed E-state index contributed by atoms with van der Waals surface area (Å²) in [5.41, 5.74) is 8.89. The van der Waals surface area contributed by atoms with Crippen molar-refractivity contribution in [2.45, 2.75) is 13.0 Å². The third-order valence-electron chi connectivity index (χ3n) is 2.28. The van der Waals surface area contributed by atoms with E-state index in [1.54, 1.807) is 18.6 Å². The standard InChI is InChI=1S/C11H12N4/c1-8-3-2-4-15-11(8)10(12)9-5-13-7-14-6-9/h2-7,10H,12H2,1H3. The molecule has 0 bridgehead atoms. The van der Waals surface area contributed by atoms with Crippen LogP contribution in [0.4, 0.5) is 0 Å². The van der Waals surface area contributed by atoms with Gasteiger partial charge in [-0.05, 0) is 18.6 Å². The fourth-order valence-corrected chi connectivity index (χ4v) is 1.45. The molecule has 0 amide bonds. The van der Waals surface area contributed by atoms with E-state index < -0.39 is 0 Å². The largest absolute Gasteiger partial charge is 0.319 e. The monoisotopic (exact) mass is 200 g/mol. The van der Waals surface area contributed by atoms with Crippen molar-refractivity contribution in [3.05, 3.63) is 53.9 Å². The van der Waals surface area contributed by atoms with Gasteiger partial charge in [-0.1, -0.05) is 6.07 Å². The summed E-state index contributed by atoms with van der Waals surface area (Å²) in [6, 6.07) is 3.63. The number of aromatic nitrogens is 3. The summed E-state index contributed by atoms with van der Waals surface area (Å²) in [7, 11) is 0. The summed E-state index contributed by atoms with van der Waals surface area (Å²) in [4.78, 5) is 12.2. The van der Waals surface area contributed by atoms with Crippen molar-refractivity contribution in [2.24, 2.45) is 5.73 Å². The smallest absolute Gasteiger partial charge is 0.115 e. The Hall–Kier alpha value is -1.81. The van der Waals surface area contributed by atoms with Gasteiger partial charge in [-0.2, -0.15) is 0 Å². The molecule has 4 heteroatoms. The minimum absolute atomic E-state index is 0.257. The SMILES string of the molecule is Cc1cccnc1C(N)c1cncnc1. The molecule has 2 rings (SSSR count). The highest BCUT2D eigenvalue weighted by Crippen LogP contribution is 2.18. The summed E-state index contributed by atoms with van der Waals surface area (Å²) >= 11 is 0. The third-order valence-corrected chi connectivity index (χ3v) is 2.28. The average Bonchev–Trinajstić information content (AvgIpc) is 2.30. The summed E-state index contributed by atoms with van der Waals surface area (Å²) in [5, 5.41) is 0. The highest BCUT2D eigenvalue weighted by Gasteiger charge is 2.12. The molecule has 0 radical (unpaired) electrons. The Morgan fingerprint density at radius 3 is 2.67 bits per heavy atom. The number of nitrogens with two attached hydrogens (primary N) is 1. The second-order valence-electron chi connectivity index (χ2n) is 3.36. The maximum atomic E-state index is 6.07. The van der Waals surface area contributed by atoms with E-state index in [-0.39, 0.29) is 6.04 Å². The Labute approximate surface area is 88.2 Å². The molecule has 0 saturated carbocycles. The molecular weight excluding hydrogens is 188 g/mol. The maximum Gasteiger partial charge on any atom is 0.115 e. The van der Waals surface area contributed by atoms with Crippen LogP contribution < -0.4 is 5.73 Å². The Balaban J connectivity index is 2.37. The molecule has 0 aromatic carbocycles. The van der Waals surface area contributed by atoms with Crippen LogP contribution in [-0.2, 0) is 0 Å². The van der Waals surface area contributed by atoms with Crippen molar-refractivity contribution in [1.82, 2.24) is 15.0 Å². The molecule has 0 saturated heterocycles. The van der Waals surface area contributed by atoms with Crippen molar-refractivity contribution >= 4 is 0 Å². The van der Waals surface area contributed by atoms with Gasteiger partial charge in [-0.15, -0.1) is 0 Å². The van der Waals surface area contributed by atoms with E-state index >= 15 is 0 Å². The van der Waals surface area contributed by atoms with Gasteiger partial charge in [0.1, 0.15) is 6.33 Å². The van der Waals surface area contributed by atoms with Crippen molar-refractivity contribution in [3.8, 4) is 0 Å². The fraction of sp³-hybridized carbons (Fsp3) is 0.182. The molecule has 0 aliphatic heterocycles. The average molecular weight is 200 g/mol. The summed E-state index contributed by atoms with van der Waals surface area (Å²) in [6.45, 7) is 1.99. The normalized spacial score (nSPS) is 12.4. The second-order valence-corrected chi connectivity index (χ2v) is 3.36. The Bertz CT molecular complexity index is 441. The van der Waals surface area contributed by atoms with Gasteiger partial charge in [0.15, 0.2) is 0 Å². The zero-order valence-electron chi connectivity index (χ0n) is 8.46. The zero-order chi connectivity index (χ0) is 10.7. The van der Waals surface area contributed by atoms with Crippen LogP contribution in [0.25, 0.3) is 0 Å². The maximum absolute atomic E-state index is 6.07.